The quantitative estimate of drug-likeness (QED) is 0.245. The van der Waals surface area contributed by atoms with Gasteiger partial charge in [-0.3, -0.25) is 38.0 Å². The van der Waals surface area contributed by atoms with E-state index in [0.29, 0.717) is 42.8 Å². The lowest BCUT2D eigenvalue weighted by Crippen LogP contribution is -2.53. The topological polar surface area (TPSA) is 131 Å². The normalized spacial score (nSPS) is 19.1. The molecule has 6 aromatic rings. The second kappa shape index (κ2) is 14.3. The minimum atomic E-state index is -1.16. The summed E-state index contributed by atoms with van der Waals surface area (Å²) in [7, 11) is 1.67. The number of benzene rings is 1. The molecule has 1 amide bonds. The highest BCUT2D eigenvalue weighted by atomic mass is 32.1. The van der Waals surface area contributed by atoms with E-state index in [0.717, 1.165) is 47.9 Å². The largest absolute Gasteiger partial charge is 0.388 e. The van der Waals surface area contributed by atoms with E-state index in [4.69, 9.17) is 0 Å². The van der Waals surface area contributed by atoms with E-state index in [1.165, 1.54) is 26.4 Å². The predicted molar refractivity (Wildman–Crippen MR) is 204 cm³/mol. The maximum absolute atomic E-state index is 14.2. The molecule has 2 aliphatic heterocycles. The summed E-state index contributed by atoms with van der Waals surface area (Å²) in [6, 6.07) is 21.0. The van der Waals surface area contributed by atoms with Crippen LogP contribution >= 0.6 is 11.3 Å². The van der Waals surface area contributed by atoms with Gasteiger partial charge >= 0.3 is 0 Å². The SMILES string of the molecule is Cc1ccc(-c2ncc(CN3CC[C@@H](C(=O)N4CCC(O)(Cn5cnc6c(ccn6-c6cccc(=O)n6C)c5=O)CC4)[C@H](c4ccccc4)C3)s2)cn1. The summed E-state index contributed by atoms with van der Waals surface area (Å²) in [5, 5.41) is 13.0. The molecule has 2 saturated heterocycles. The number of amides is 1. The number of hydrogen-bond donors (Lipinski definition) is 1. The average Bonchev–Trinajstić information content (AvgIpc) is 3.82. The molecule has 0 unspecified atom stereocenters. The van der Waals surface area contributed by atoms with Gasteiger partial charge in [0.15, 0.2) is 5.65 Å². The molecule has 0 spiro atoms. The van der Waals surface area contributed by atoms with Crippen molar-refractivity contribution in [3.8, 4) is 16.4 Å². The molecule has 2 fully saturated rings. The fourth-order valence-corrected chi connectivity index (χ4v) is 8.77. The molecule has 2 aliphatic rings. The van der Waals surface area contributed by atoms with Crippen LogP contribution in [-0.4, -0.2) is 81.2 Å². The second-order valence-electron chi connectivity index (χ2n) is 14.4. The molecule has 1 aromatic carbocycles. The van der Waals surface area contributed by atoms with Crippen LogP contribution in [0.5, 0.6) is 0 Å². The van der Waals surface area contributed by atoms with Crippen molar-refractivity contribution in [1.29, 1.82) is 0 Å². The van der Waals surface area contributed by atoms with E-state index in [9.17, 15) is 19.5 Å². The number of nitrogens with zero attached hydrogens (tertiary/aromatic N) is 8. The molecule has 7 heterocycles. The summed E-state index contributed by atoms with van der Waals surface area (Å²) >= 11 is 1.69. The standard InChI is InChI=1S/C40H42N8O4S/c1-27-11-12-29(21-41-27)37-42-22-30(53-37)23-45-17-13-31(33(24-45)28-7-4-3-5-8-28)38(50)46-19-15-40(52,16-20-46)25-47-26-43-36-32(39(47)51)14-18-48(36)34-9-6-10-35(49)44(34)2/h3-12,14,18,21-22,26,31,33,52H,13,15-17,19-20,23-25H2,1-2H3/t31-,33+/m1/s1. The fourth-order valence-electron chi connectivity index (χ4n) is 7.83. The zero-order valence-electron chi connectivity index (χ0n) is 29.8. The third kappa shape index (κ3) is 6.99. The molecule has 8 rings (SSSR count). The lowest BCUT2D eigenvalue weighted by Gasteiger charge is -2.43. The number of aryl methyl sites for hydroxylation is 1. The number of carbonyl (C=O) groups excluding carboxylic acids is 1. The Morgan fingerprint density at radius 3 is 2.53 bits per heavy atom. The molecule has 53 heavy (non-hydrogen) atoms. The number of aliphatic hydroxyl groups is 1. The highest BCUT2D eigenvalue weighted by Gasteiger charge is 2.41. The molecule has 12 nitrogen and oxygen atoms in total. The summed E-state index contributed by atoms with van der Waals surface area (Å²) in [6.45, 7) is 5.22. The molecule has 0 bridgehead atoms. The van der Waals surface area contributed by atoms with Crippen molar-refractivity contribution in [3.63, 3.8) is 0 Å². The molecular formula is C40H42N8O4S. The Morgan fingerprint density at radius 2 is 1.75 bits per heavy atom. The van der Waals surface area contributed by atoms with Crippen molar-refractivity contribution in [2.45, 2.75) is 50.8 Å². The Kier molecular flexibility index (Phi) is 9.39. The zero-order valence-corrected chi connectivity index (χ0v) is 30.7. The van der Waals surface area contributed by atoms with Gasteiger partial charge in [-0.1, -0.05) is 36.4 Å². The number of likely N-dealkylation sites (tertiary alicyclic amines) is 2. The first kappa shape index (κ1) is 34.8. The van der Waals surface area contributed by atoms with Crippen molar-refractivity contribution in [2.75, 3.05) is 26.2 Å². The van der Waals surface area contributed by atoms with Gasteiger partial charge in [-0.15, -0.1) is 11.3 Å². The highest BCUT2D eigenvalue weighted by molar-refractivity contribution is 7.15. The van der Waals surface area contributed by atoms with E-state index in [1.807, 2.05) is 48.5 Å². The number of aromatic nitrogens is 6. The molecule has 1 N–H and O–H groups in total. The molecule has 2 atom stereocenters. The maximum Gasteiger partial charge on any atom is 0.262 e. The lowest BCUT2D eigenvalue weighted by molar-refractivity contribution is -0.142. The Labute approximate surface area is 310 Å². The number of pyridine rings is 2. The molecule has 0 saturated carbocycles. The minimum Gasteiger partial charge on any atom is -0.388 e. The van der Waals surface area contributed by atoms with Gasteiger partial charge in [0.25, 0.3) is 11.1 Å². The minimum absolute atomic E-state index is 0.0361. The maximum atomic E-state index is 14.2. The monoisotopic (exact) mass is 730 g/mol. The van der Waals surface area contributed by atoms with Gasteiger partial charge in [0, 0.05) is 85.9 Å². The average molecular weight is 731 g/mol. The van der Waals surface area contributed by atoms with Crippen LogP contribution in [0.2, 0.25) is 0 Å². The van der Waals surface area contributed by atoms with Gasteiger partial charge in [-0.05, 0) is 62.6 Å². The van der Waals surface area contributed by atoms with Crippen LogP contribution < -0.4 is 11.1 Å². The Bertz CT molecular complexity index is 2370. The van der Waals surface area contributed by atoms with E-state index in [1.54, 1.807) is 47.3 Å². The van der Waals surface area contributed by atoms with E-state index >= 15 is 0 Å². The van der Waals surface area contributed by atoms with Crippen LogP contribution in [0, 0.1) is 12.8 Å². The van der Waals surface area contributed by atoms with Crippen LogP contribution in [0.1, 0.15) is 41.3 Å². The molecule has 0 aliphatic carbocycles. The van der Waals surface area contributed by atoms with Crippen molar-refractivity contribution in [2.24, 2.45) is 13.0 Å². The number of rotatable bonds is 8. The smallest absolute Gasteiger partial charge is 0.262 e. The number of carbonyl (C=O) groups is 1. The van der Waals surface area contributed by atoms with E-state index in [-0.39, 0.29) is 35.4 Å². The van der Waals surface area contributed by atoms with Gasteiger partial charge in [0.1, 0.15) is 17.2 Å². The Hall–Kier alpha value is -5.24. The van der Waals surface area contributed by atoms with Crippen LogP contribution in [0.25, 0.3) is 27.4 Å². The van der Waals surface area contributed by atoms with Gasteiger partial charge in [-0.25, -0.2) is 9.97 Å². The molecule has 13 heteroatoms. The first-order chi connectivity index (χ1) is 25.7. The molecule has 272 valence electrons. The summed E-state index contributed by atoms with van der Waals surface area (Å²) in [6.07, 6.45) is 8.47. The number of thiazole rings is 1. The molecule has 0 radical (unpaired) electrons. The summed E-state index contributed by atoms with van der Waals surface area (Å²) in [4.78, 5) is 59.2. The van der Waals surface area contributed by atoms with Gasteiger partial charge in [0.05, 0.1) is 17.5 Å². The first-order valence-electron chi connectivity index (χ1n) is 18.0. The summed E-state index contributed by atoms with van der Waals surface area (Å²) < 4.78 is 4.67. The van der Waals surface area contributed by atoms with Crippen molar-refractivity contribution in [1.82, 2.24) is 38.5 Å². The van der Waals surface area contributed by atoms with E-state index in [2.05, 4.69) is 38.1 Å². The van der Waals surface area contributed by atoms with Gasteiger partial charge in [0.2, 0.25) is 5.91 Å². The molecule has 5 aromatic heterocycles. The van der Waals surface area contributed by atoms with Crippen molar-refractivity contribution < 1.29 is 9.90 Å². The zero-order chi connectivity index (χ0) is 36.7. The third-order valence-corrected chi connectivity index (χ3v) is 11.9. The van der Waals surface area contributed by atoms with Crippen LogP contribution in [0.4, 0.5) is 0 Å². The summed E-state index contributed by atoms with van der Waals surface area (Å²) in [5.41, 5.74) is 2.01. The Balaban J connectivity index is 0.934. The van der Waals surface area contributed by atoms with Gasteiger partial charge in [-0.2, -0.15) is 0 Å². The van der Waals surface area contributed by atoms with Crippen LogP contribution in [0.15, 0.2) is 101 Å². The van der Waals surface area contributed by atoms with Gasteiger partial charge < -0.3 is 10.0 Å². The van der Waals surface area contributed by atoms with Crippen molar-refractivity contribution >= 4 is 28.3 Å². The first-order valence-corrected chi connectivity index (χ1v) is 18.9. The van der Waals surface area contributed by atoms with E-state index < -0.39 is 5.60 Å². The highest BCUT2D eigenvalue weighted by Crippen LogP contribution is 2.37. The number of piperidine rings is 2. The lowest BCUT2D eigenvalue weighted by atomic mass is 9.79. The van der Waals surface area contributed by atoms with Crippen LogP contribution in [-0.2, 0) is 24.9 Å². The van der Waals surface area contributed by atoms with Crippen LogP contribution in [0.3, 0.4) is 0 Å². The Morgan fingerprint density at radius 1 is 0.943 bits per heavy atom. The third-order valence-electron chi connectivity index (χ3n) is 10.9. The number of hydrogen-bond acceptors (Lipinski definition) is 9. The van der Waals surface area contributed by atoms with Crippen molar-refractivity contribution in [3.05, 3.63) is 128 Å². The second-order valence-corrected chi connectivity index (χ2v) is 15.5. The predicted octanol–water partition coefficient (Wildman–Crippen LogP) is 4.37. The molecular weight excluding hydrogens is 689 g/mol. The fraction of sp³-hybridized carbons (Fsp3) is 0.350. The summed E-state index contributed by atoms with van der Waals surface area (Å²) in [5.74, 6) is 0.592. The number of fused-ring (bicyclic) bond motifs is 1.